The Kier molecular flexibility index (Phi) is 6.59. The third kappa shape index (κ3) is 5.30. The Morgan fingerprint density at radius 1 is 1.32 bits per heavy atom. The molecule has 0 radical (unpaired) electrons. The highest BCUT2D eigenvalue weighted by Gasteiger charge is 2.18. The molecule has 1 N–H and O–H groups in total. The highest BCUT2D eigenvalue weighted by atomic mass is 32.2. The van der Waals surface area contributed by atoms with Gasteiger partial charge in [0.05, 0.1) is 22.1 Å². The minimum Gasteiger partial charge on any atom is -0.298 e. The molecule has 1 aromatic carbocycles. The topological polar surface area (TPSA) is 105 Å². The zero-order valence-electron chi connectivity index (χ0n) is 14.0. The van der Waals surface area contributed by atoms with Crippen LogP contribution < -0.4 is 4.72 Å². The molecule has 1 heterocycles. The van der Waals surface area contributed by atoms with Gasteiger partial charge in [-0.1, -0.05) is 19.9 Å². The number of nitrogens with zero attached hydrogens (tertiary/aromatic N) is 3. The predicted molar refractivity (Wildman–Crippen MR) is 95.9 cm³/mol. The molecule has 0 saturated carbocycles. The number of benzene rings is 1. The fraction of sp³-hybridized carbons (Fsp3) is 0.400. The van der Waals surface area contributed by atoms with Crippen LogP contribution in [0.1, 0.15) is 24.5 Å². The number of nitro benzene ring substituents is 1. The van der Waals surface area contributed by atoms with E-state index < -0.39 is 14.9 Å². The number of hydrogen-bond donors (Lipinski definition) is 1. The van der Waals surface area contributed by atoms with Crippen LogP contribution in [0.3, 0.4) is 0 Å². The normalized spacial score (nSPS) is 11.8. The Bertz CT molecular complexity index is 832. The molecular weight excluding hydrogens is 364 g/mol. The fourth-order valence-electron chi connectivity index (χ4n) is 2.18. The molecule has 1 aromatic heterocycles. The monoisotopic (exact) mass is 384 g/mol. The van der Waals surface area contributed by atoms with Crippen LogP contribution in [-0.4, -0.2) is 36.3 Å². The number of nitrogens with one attached hydrogen (secondary N) is 1. The summed E-state index contributed by atoms with van der Waals surface area (Å²) < 4.78 is 27.0. The summed E-state index contributed by atoms with van der Waals surface area (Å²) in [5.74, 6) is 0. The van der Waals surface area contributed by atoms with Crippen molar-refractivity contribution in [1.29, 1.82) is 0 Å². The zero-order chi connectivity index (χ0) is 18.4. The summed E-state index contributed by atoms with van der Waals surface area (Å²) in [7, 11) is -3.84. The van der Waals surface area contributed by atoms with E-state index in [0.29, 0.717) is 5.01 Å². The van der Waals surface area contributed by atoms with E-state index in [1.807, 2.05) is 5.38 Å². The first kappa shape index (κ1) is 19.4. The molecule has 0 fully saturated rings. The second kappa shape index (κ2) is 8.48. The lowest BCUT2D eigenvalue weighted by atomic mass is 10.3. The maximum absolute atomic E-state index is 12.3. The molecule has 136 valence electrons. The Balaban J connectivity index is 2.04. The number of nitro groups is 1. The number of hydrogen-bond acceptors (Lipinski definition) is 7. The van der Waals surface area contributed by atoms with Crippen molar-refractivity contribution in [1.82, 2.24) is 14.6 Å². The van der Waals surface area contributed by atoms with Crippen LogP contribution in [0.4, 0.5) is 5.69 Å². The molecular formula is C15H20N4O4S2. The van der Waals surface area contributed by atoms with Crippen molar-refractivity contribution >= 4 is 27.0 Å². The van der Waals surface area contributed by atoms with E-state index >= 15 is 0 Å². The third-order valence-corrected chi connectivity index (χ3v) is 5.93. The maximum atomic E-state index is 12.3. The van der Waals surface area contributed by atoms with Crippen LogP contribution in [0.25, 0.3) is 0 Å². The fourth-order valence-corrected chi connectivity index (χ4v) is 4.03. The van der Waals surface area contributed by atoms with Crippen molar-refractivity contribution in [2.45, 2.75) is 31.8 Å². The summed E-state index contributed by atoms with van der Waals surface area (Å²) >= 11 is 1.38. The van der Waals surface area contributed by atoms with Crippen LogP contribution in [0.15, 0.2) is 34.5 Å². The van der Waals surface area contributed by atoms with Gasteiger partial charge in [-0.2, -0.15) is 0 Å². The van der Waals surface area contributed by atoms with Crippen molar-refractivity contribution in [2.24, 2.45) is 0 Å². The quantitative estimate of drug-likeness (QED) is 0.526. The van der Waals surface area contributed by atoms with Gasteiger partial charge in [0.1, 0.15) is 5.01 Å². The standard InChI is InChI=1S/C15H20N4O4S2/c1-3-18(4-2)10-12-11-24-15(17-12)9-16-25(22,23)14-7-5-6-13(8-14)19(20)21/h5-8,11,16H,3-4,9-10H2,1-2H3. The number of non-ortho nitro benzene ring substituents is 1. The molecule has 0 aliphatic carbocycles. The molecule has 0 atom stereocenters. The second-order valence-electron chi connectivity index (χ2n) is 5.27. The number of aromatic nitrogens is 1. The zero-order valence-corrected chi connectivity index (χ0v) is 15.6. The van der Waals surface area contributed by atoms with E-state index in [2.05, 4.69) is 28.5 Å². The van der Waals surface area contributed by atoms with Crippen molar-refractivity contribution in [3.05, 3.63) is 50.5 Å². The Morgan fingerprint density at radius 2 is 2.04 bits per heavy atom. The molecule has 0 aliphatic heterocycles. The van der Waals surface area contributed by atoms with Gasteiger partial charge in [0.15, 0.2) is 0 Å². The van der Waals surface area contributed by atoms with E-state index in [1.165, 1.54) is 29.5 Å². The average Bonchev–Trinajstić information content (AvgIpc) is 3.05. The van der Waals surface area contributed by atoms with Crippen LogP contribution in [0.2, 0.25) is 0 Å². The molecule has 0 aliphatic rings. The predicted octanol–water partition coefficient (Wildman–Crippen LogP) is 2.37. The third-order valence-electron chi connectivity index (χ3n) is 3.63. The lowest BCUT2D eigenvalue weighted by Crippen LogP contribution is -2.24. The summed E-state index contributed by atoms with van der Waals surface area (Å²) in [6, 6.07) is 4.95. The molecule has 10 heteroatoms. The summed E-state index contributed by atoms with van der Waals surface area (Å²) in [4.78, 5) is 16.7. The van der Waals surface area contributed by atoms with Crippen LogP contribution >= 0.6 is 11.3 Å². The number of thiazole rings is 1. The Morgan fingerprint density at radius 3 is 2.68 bits per heavy atom. The lowest BCUT2D eigenvalue weighted by Gasteiger charge is -2.15. The van der Waals surface area contributed by atoms with E-state index in [4.69, 9.17) is 0 Å². The molecule has 0 saturated heterocycles. The van der Waals surface area contributed by atoms with Crippen molar-refractivity contribution < 1.29 is 13.3 Å². The molecule has 2 rings (SSSR count). The minimum atomic E-state index is -3.84. The number of rotatable bonds is 9. The Labute approximate surface area is 150 Å². The average molecular weight is 384 g/mol. The summed E-state index contributed by atoms with van der Waals surface area (Å²) in [6.07, 6.45) is 0. The van der Waals surface area contributed by atoms with Gasteiger partial charge in [0.25, 0.3) is 5.69 Å². The molecule has 0 amide bonds. The first-order valence-electron chi connectivity index (χ1n) is 7.75. The van der Waals surface area contributed by atoms with E-state index in [9.17, 15) is 18.5 Å². The molecule has 0 bridgehead atoms. The Hall–Kier alpha value is -1.88. The van der Waals surface area contributed by atoms with Gasteiger partial charge in [-0.25, -0.2) is 18.1 Å². The van der Waals surface area contributed by atoms with Crippen molar-refractivity contribution in [3.63, 3.8) is 0 Å². The second-order valence-corrected chi connectivity index (χ2v) is 7.98. The lowest BCUT2D eigenvalue weighted by molar-refractivity contribution is -0.385. The van der Waals surface area contributed by atoms with Crippen LogP contribution in [0.5, 0.6) is 0 Å². The minimum absolute atomic E-state index is 0.0495. The number of sulfonamides is 1. The van der Waals surface area contributed by atoms with E-state index in [-0.39, 0.29) is 17.1 Å². The van der Waals surface area contributed by atoms with Gasteiger partial charge >= 0.3 is 0 Å². The first-order chi connectivity index (χ1) is 11.9. The smallest absolute Gasteiger partial charge is 0.270 e. The van der Waals surface area contributed by atoms with Gasteiger partial charge in [-0.05, 0) is 19.2 Å². The molecule has 0 unspecified atom stereocenters. The molecule has 0 spiro atoms. The summed E-state index contributed by atoms with van der Waals surface area (Å²) in [6.45, 7) is 6.76. The molecule has 2 aromatic rings. The molecule has 8 nitrogen and oxygen atoms in total. The maximum Gasteiger partial charge on any atom is 0.270 e. The SMILES string of the molecule is CCN(CC)Cc1csc(CNS(=O)(=O)c2cccc([N+](=O)[O-])c2)n1. The first-order valence-corrected chi connectivity index (χ1v) is 10.1. The van der Waals surface area contributed by atoms with E-state index in [1.54, 1.807) is 0 Å². The van der Waals surface area contributed by atoms with Gasteiger partial charge in [0.2, 0.25) is 10.0 Å². The van der Waals surface area contributed by atoms with Crippen molar-refractivity contribution in [3.8, 4) is 0 Å². The largest absolute Gasteiger partial charge is 0.298 e. The molecule has 25 heavy (non-hydrogen) atoms. The van der Waals surface area contributed by atoms with Gasteiger partial charge in [0, 0.05) is 24.1 Å². The van der Waals surface area contributed by atoms with Gasteiger partial charge in [-0.15, -0.1) is 11.3 Å². The van der Waals surface area contributed by atoms with Crippen LogP contribution in [-0.2, 0) is 23.1 Å². The van der Waals surface area contributed by atoms with Gasteiger partial charge in [-0.3, -0.25) is 15.0 Å². The van der Waals surface area contributed by atoms with Crippen molar-refractivity contribution in [2.75, 3.05) is 13.1 Å². The highest BCUT2D eigenvalue weighted by Crippen LogP contribution is 2.18. The summed E-state index contributed by atoms with van der Waals surface area (Å²) in [5.41, 5.74) is 0.636. The highest BCUT2D eigenvalue weighted by molar-refractivity contribution is 7.89. The summed E-state index contributed by atoms with van der Waals surface area (Å²) in [5, 5.41) is 13.3. The van der Waals surface area contributed by atoms with Gasteiger partial charge < -0.3 is 0 Å². The van der Waals surface area contributed by atoms with Crippen LogP contribution in [0, 0.1) is 10.1 Å². The van der Waals surface area contributed by atoms with E-state index in [0.717, 1.165) is 31.4 Å².